The molecule has 2 rings (SSSR count). The number of nitro benzene ring substituents is 1. The molecule has 1 aromatic carbocycles. The fourth-order valence-corrected chi connectivity index (χ4v) is 1.80. The summed E-state index contributed by atoms with van der Waals surface area (Å²) in [7, 11) is 0. The van der Waals surface area contributed by atoms with Crippen LogP contribution in [0.3, 0.4) is 0 Å². The number of hydrogen-bond acceptors (Lipinski definition) is 3. The first-order valence-electron chi connectivity index (χ1n) is 5.74. The molecule has 1 aliphatic rings. The molecule has 1 aliphatic carbocycles. The van der Waals surface area contributed by atoms with Crippen molar-refractivity contribution in [1.29, 1.82) is 0 Å². The van der Waals surface area contributed by atoms with E-state index in [-0.39, 0.29) is 17.3 Å². The molecule has 0 saturated heterocycles. The maximum atomic E-state index is 13.5. The summed E-state index contributed by atoms with van der Waals surface area (Å²) >= 11 is 0. The third-order valence-corrected chi connectivity index (χ3v) is 3.09. The number of nitrogens with one attached hydrogen (secondary N) is 1. The zero-order valence-electron chi connectivity index (χ0n) is 9.85. The lowest BCUT2D eigenvalue weighted by Crippen LogP contribution is -2.34. The highest BCUT2D eigenvalue weighted by Crippen LogP contribution is 2.32. The molecule has 18 heavy (non-hydrogen) atoms. The Morgan fingerprint density at radius 3 is 2.78 bits per heavy atom. The van der Waals surface area contributed by atoms with Gasteiger partial charge in [-0.3, -0.25) is 14.9 Å². The van der Waals surface area contributed by atoms with Crippen molar-refractivity contribution in [2.75, 3.05) is 0 Å². The van der Waals surface area contributed by atoms with Gasteiger partial charge in [0.25, 0.3) is 11.6 Å². The summed E-state index contributed by atoms with van der Waals surface area (Å²) in [5.74, 6) is -0.910. The van der Waals surface area contributed by atoms with Gasteiger partial charge in [0, 0.05) is 18.2 Å². The third-order valence-electron chi connectivity index (χ3n) is 3.09. The quantitative estimate of drug-likeness (QED) is 0.660. The molecule has 0 radical (unpaired) electrons. The van der Waals surface area contributed by atoms with Gasteiger partial charge < -0.3 is 5.32 Å². The molecule has 1 saturated carbocycles. The van der Waals surface area contributed by atoms with Gasteiger partial charge in [-0.15, -0.1) is 0 Å². The van der Waals surface area contributed by atoms with Crippen molar-refractivity contribution in [2.45, 2.75) is 25.8 Å². The van der Waals surface area contributed by atoms with Crippen molar-refractivity contribution in [2.24, 2.45) is 5.92 Å². The minimum absolute atomic E-state index is 0.0313. The Bertz CT molecular complexity index is 500. The van der Waals surface area contributed by atoms with Crippen LogP contribution in [0.25, 0.3) is 0 Å². The molecule has 0 aromatic heterocycles. The average Bonchev–Trinajstić information content (AvgIpc) is 3.12. The molecule has 0 heterocycles. The Morgan fingerprint density at radius 2 is 2.22 bits per heavy atom. The van der Waals surface area contributed by atoms with E-state index in [4.69, 9.17) is 0 Å². The second-order valence-corrected chi connectivity index (χ2v) is 4.52. The fourth-order valence-electron chi connectivity index (χ4n) is 1.80. The number of nitrogens with zero attached hydrogens (tertiary/aromatic N) is 1. The molecule has 1 aromatic rings. The van der Waals surface area contributed by atoms with Crippen LogP contribution in [0.5, 0.6) is 0 Å². The molecule has 5 nitrogen and oxygen atoms in total. The summed E-state index contributed by atoms with van der Waals surface area (Å²) in [5, 5.41) is 13.2. The molecular formula is C12H13FN2O3. The van der Waals surface area contributed by atoms with Crippen LogP contribution in [0.2, 0.25) is 0 Å². The van der Waals surface area contributed by atoms with Gasteiger partial charge in [0.05, 0.1) is 10.5 Å². The lowest BCUT2D eigenvalue weighted by molar-refractivity contribution is -0.384. The molecule has 96 valence electrons. The van der Waals surface area contributed by atoms with Crippen LogP contribution in [0, 0.1) is 21.8 Å². The highest BCUT2D eigenvalue weighted by molar-refractivity contribution is 5.95. The van der Waals surface area contributed by atoms with Crippen molar-refractivity contribution >= 4 is 11.6 Å². The van der Waals surface area contributed by atoms with Gasteiger partial charge >= 0.3 is 0 Å². The maximum Gasteiger partial charge on any atom is 0.270 e. The Kier molecular flexibility index (Phi) is 3.27. The molecule has 1 amide bonds. The minimum atomic E-state index is -0.749. The van der Waals surface area contributed by atoms with Gasteiger partial charge in [-0.1, -0.05) is 0 Å². The number of rotatable bonds is 4. The van der Waals surface area contributed by atoms with Gasteiger partial charge in [0.15, 0.2) is 0 Å². The molecular weight excluding hydrogens is 239 g/mol. The molecule has 0 aliphatic heterocycles. The summed E-state index contributed by atoms with van der Waals surface area (Å²) in [6.45, 7) is 1.85. The summed E-state index contributed by atoms with van der Waals surface area (Å²) in [6, 6.07) is 2.91. The normalized spacial score (nSPS) is 16.1. The van der Waals surface area contributed by atoms with Gasteiger partial charge in [-0.2, -0.15) is 0 Å². The number of non-ortho nitro benzene ring substituents is 1. The zero-order valence-corrected chi connectivity index (χ0v) is 9.85. The first kappa shape index (κ1) is 12.5. The number of carbonyl (C=O) groups is 1. The van der Waals surface area contributed by atoms with Crippen molar-refractivity contribution in [1.82, 2.24) is 5.32 Å². The zero-order chi connectivity index (χ0) is 13.3. The summed E-state index contributed by atoms with van der Waals surface area (Å²) < 4.78 is 13.5. The van der Waals surface area contributed by atoms with Crippen LogP contribution in [-0.4, -0.2) is 16.9 Å². The fraction of sp³-hybridized carbons (Fsp3) is 0.417. The highest BCUT2D eigenvalue weighted by atomic mass is 19.1. The Hall–Kier alpha value is -1.98. The number of nitro groups is 1. The first-order valence-corrected chi connectivity index (χ1v) is 5.74. The molecule has 1 N–H and O–H groups in total. The topological polar surface area (TPSA) is 72.2 Å². The van der Waals surface area contributed by atoms with Crippen LogP contribution in [0.4, 0.5) is 10.1 Å². The van der Waals surface area contributed by atoms with E-state index >= 15 is 0 Å². The second kappa shape index (κ2) is 4.72. The van der Waals surface area contributed by atoms with E-state index in [0.717, 1.165) is 31.0 Å². The monoisotopic (exact) mass is 252 g/mol. The molecule has 6 heteroatoms. The third kappa shape index (κ3) is 2.64. The summed E-state index contributed by atoms with van der Waals surface area (Å²) in [5.41, 5.74) is -0.572. The van der Waals surface area contributed by atoms with E-state index < -0.39 is 16.6 Å². The Balaban J connectivity index is 2.17. The van der Waals surface area contributed by atoms with Gasteiger partial charge in [-0.05, 0) is 31.7 Å². The molecule has 1 atom stereocenters. The molecule has 0 bridgehead atoms. The molecule has 1 unspecified atom stereocenters. The van der Waals surface area contributed by atoms with Crippen molar-refractivity contribution < 1.29 is 14.1 Å². The van der Waals surface area contributed by atoms with Crippen LogP contribution >= 0.6 is 0 Å². The minimum Gasteiger partial charge on any atom is -0.349 e. The van der Waals surface area contributed by atoms with Crippen molar-refractivity contribution in [3.8, 4) is 0 Å². The highest BCUT2D eigenvalue weighted by Gasteiger charge is 2.29. The lowest BCUT2D eigenvalue weighted by atomic mass is 10.1. The van der Waals surface area contributed by atoms with Gasteiger partial charge in [0.1, 0.15) is 5.82 Å². The summed E-state index contributed by atoms with van der Waals surface area (Å²) in [4.78, 5) is 21.7. The van der Waals surface area contributed by atoms with Crippen LogP contribution in [-0.2, 0) is 0 Å². The van der Waals surface area contributed by atoms with Crippen LogP contribution in [0.15, 0.2) is 18.2 Å². The van der Waals surface area contributed by atoms with E-state index in [1.807, 2.05) is 6.92 Å². The smallest absolute Gasteiger partial charge is 0.270 e. The SMILES string of the molecule is CC(NC(=O)c1cc([N+](=O)[O-])ccc1F)C1CC1. The number of carbonyl (C=O) groups excluding carboxylic acids is 1. The Labute approximate surface area is 103 Å². The number of amides is 1. The largest absolute Gasteiger partial charge is 0.349 e. The molecule has 1 fully saturated rings. The predicted octanol–water partition coefficient (Wildman–Crippen LogP) is 2.26. The van der Waals surface area contributed by atoms with Crippen molar-refractivity contribution in [3.63, 3.8) is 0 Å². The van der Waals surface area contributed by atoms with E-state index in [2.05, 4.69) is 5.32 Å². The van der Waals surface area contributed by atoms with Gasteiger partial charge in [-0.25, -0.2) is 4.39 Å². The predicted molar refractivity (Wildman–Crippen MR) is 62.7 cm³/mol. The standard InChI is InChI=1S/C12H13FN2O3/c1-7(8-2-3-8)14-12(16)10-6-9(15(17)18)4-5-11(10)13/h4-8H,2-3H2,1H3,(H,14,16). The Morgan fingerprint density at radius 1 is 1.56 bits per heavy atom. The van der Waals surface area contributed by atoms with E-state index in [9.17, 15) is 19.3 Å². The number of halogens is 1. The molecule has 0 spiro atoms. The van der Waals surface area contributed by atoms with Crippen molar-refractivity contribution in [3.05, 3.63) is 39.7 Å². The summed E-state index contributed by atoms with van der Waals surface area (Å²) in [6.07, 6.45) is 2.11. The van der Waals surface area contributed by atoms with E-state index in [0.29, 0.717) is 5.92 Å². The van der Waals surface area contributed by atoms with Crippen LogP contribution < -0.4 is 5.32 Å². The van der Waals surface area contributed by atoms with E-state index in [1.165, 1.54) is 0 Å². The van der Waals surface area contributed by atoms with E-state index in [1.54, 1.807) is 0 Å². The maximum absolute atomic E-state index is 13.5. The second-order valence-electron chi connectivity index (χ2n) is 4.52. The van der Waals surface area contributed by atoms with Crippen LogP contribution in [0.1, 0.15) is 30.1 Å². The first-order chi connectivity index (χ1) is 8.49. The lowest BCUT2D eigenvalue weighted by Gasteiger charge is -2.12. The van der Waals surface area contributed by atoms with Gasteiger partial charge in [0.2, 0.25) is 0 Å². The average molecular weight is 252 g/mol. The number of hydrogen-bond donors (Lipinski definition) is 1. The number of benzene rings is 1.